The van der Waals surface area contributed by atoms with Crippen LogP contribution >= 0.6 is 0 Å². The summed E-state index contributed by atoms with van der Waals surface area (Å²) in [5.41, 5.74) is 3.55. The van der Waals surface area contributed by atoms with E-state index in [-0.39, 0.29) is 6.03 Å². The number of likely N-dealkylation sites (tertiary alicyclic amines) is 1. The highest BCUT2D eigenvalue weighted by atomic mass is 16.5. The van der Waals surface area contributed by atoms with Gasteiger partial charge in [0.2, 0.25) is 0 Å². The normalized spacial score (nSPS) is 20.3. The number of benzene rings is 1. The standard InChI is InChI=1S/C23H33N5O2/c1-16(2)28-12-9-20-21(26-15-25-20)22(28)18-7-10-27(11-8-18)23(29)24-14-17-5-4-6-19(13-17)30-3/h4-6,13,15-16,18,22H,7-12,14H2,1-3H3,(H,24,29)(H,25,26). The summed E-state index contributed by atoms with van der Waals surface area (Å²) < 4.78 is 5.26. The van der Waals surface area contributed by atoms with Gasteiger partial charge in [0.15, 0.2) is 0 Å². The molecule has 2 aromatic rings. The Kier molecular flexibility index (Phi) is 6.27. The number of urea groups is 1. The molecule has 162 valence electrons. The second-order valence-electron chi connectivity index (χ2n) is 8.63. The van der Waals surface area contributed by atoms with Crippen molar-refractivity contribution in [3.8, 4) is 5.75 Å². The predicted molar refractivity (Wildman–Crippen MR) is 116 cm³/mol. The third kappa shape index (κ3) is 4.31. The summed E-state index contributed by atoms with van der Waals surface area (Å²) in [6.45, 7) is 7.69. The van der Waals surface area contributed by atoms with Crippen LogP contribution in [0.25, 0.3) is 0 Å². The van der Waals surface area contributed by atoms with Crippen molar-refractivity contribution in [3.05, 3.63) is 47.5 Å². The van der Waals surface area contributed by atoms with Gasteiger partial charge in [-0.05, 0) is 50.3 Å². The Bertz CT molecular complexity index is 857. The van der Waals surface area contributed by atoms with Gasteiger partial charge in [-0.2, -0.15) is 0 Å². The van der Waals surface area contributed by atoms with Crippen LogP contribution in [0.4, 0.5) is 4.79 Å². The molecule has 2 amide bonds. The molecule has 3 heterocycles. The second-order valence-corrected chi connectivity index (χ2v) is 8.63. The second kappa shape index (κ2) is 9.08. The molecule has 2 aliphatic rings. The number of H-pyrrole nitrogens is 1. The van der Waals surface area contributed by atoms with Crippen LogP contribution in [-0.2, 0) is 13.0 Å². The molecular weight excluding hydrogens is 378 g/mol. The van der Waals surface area contributed by atoms with Crippen LogP contribution in [0.5, 0.6) is 5.75 Å². The highest BCUT2D eigenvalue weighted by Crippen LogP contribution is 2.39. The van der Waals surface area contributed by atoms with E-state index in [4.69, 9.17) is 4.74 Å². The fourth-order valence-corrected chi connectivity index (χ4v) is 4.89. The maximum absolute atomic E-state index is 12.7. The molecule has 4 rings (SSSR count). The van der Waals surface area contributed by atoms with Crippen molar-refractivity contribution in [2.45, 2.75) is 51.7 Å². The predicted octanol–water partition coefficient (Wildman–Crippen LogP) is 3.35. The van der Waals surface area contributed by atoms with Crippen LogP contribution in [0.1, 0.15) is 49.7 Å². The van der Waals surface area contributed by atoms with Gasteiger partial charge in [0.25, 0.3) is 0 Å². The smallest absolute Gasteiger partial charge is 0.317 e. The van der Waals surface area contributed by atoms with Gasteiger partial charge in [-0.1, -0.05) is 12.1 Å². The minimum atomic E-state index is 0.0149. The number of aromatic nitrogens is 2. The van der Waals surface area contributed by atoms with Gasteiger partial charge < -0.3 is 19.9 Å². The molecule has 0 radical (unpaired) electrons. The molecular formula is C23H33N5O2. The lowest BCUT2D eigenvalue weighted by Gasteiger charge is -2.44. The zero-order chi connectivity index (χ0) is 21.1. The van der Waals surface area contributed by atoms with E-state index in [1.807, 2.05) is 35.5 Å². The number of imidazole rings is 1. The number of piperidine rings is 1. The summed E-state index contributed by atoms with van der Waals surface area (Å²) in [6.07, 6.45) is 4.89. The summed E-state index contributed by atoms with van der Waals surface area (Å²) in [5.74, 6) is 1.33. The maximum Gasteiger partial charge on any atom is 0.317 e. The van der Waals surface area contributed by atoms with Crippen LogP contribution in [0.2, 0.25) is 0 Å². The number of methoxy groups -OCH3 is 1. The van der Waals surface area contributed by atoms with Gasteiger partial charge in [-0.3, -0.25) is 4.90 Å². The number of carbonyl (C=O) groups excluding carboxylic acids is 1. The summed E-state index contributed by atoms with van der Waals surface area (Å²) in [5, 5.41) is 3.06. The number of carbonyl (C=O) groups is 1. The third-order valence-corrected chi connectivity index (χ3v) is 6.52. The summed E-state index contributed by atoms with van der Waals surface area (Å²) >= 11 is 0. The lowest BCUT2D eigenvalue weighted by atomic mass is 9.83. The van der Waals surface area contributed by atoms with Crippen LogP contribution in [0.3, 0.4) is 0 Å². The molecule has 0 spiro atoms. The Labute approximate surface area is 178 Å². The number of ether oxygens (including phenoxy) is 1. The highest BCUT2D eigenvalue weighted by Gasteiger charge is 2.38. The Hall–Kier alpha value is -2.54. The number of hydrogen-bond acceptors (Lipinski definition) is 4. The molecule has 1 aromatic heterocycles. The monoisotopic (exact) mass is 411 g/mol. The van der Waals surface area contributed by atoms with Gasteiger partial charge in [0.1, 0.15) is 5.75 Å². The molecule has 7 nitrogen and oxygen atoms in total. The number of rotatable bonds is 5. The van der Waals surface area contributed by atoms with E-state index in [2.05, 4.69) is 34.0 Å². The van der Waals surface area contributed by atoms with Gasteiger partial charge >= 0.3 is 6.03 Å². The van der Waals surface area contributed by atoms with E-state index in [0.29, 0.717) is 24.5 Å². The highest BCUT2D eigenvalue weighted by molar-refractivity contribution is 5.74. The average Bonchev–Trinajstić information content (AvgIpc) is 3.26. The van der Waals surface area contributed by atoms with Crippen molar-refractivity contribution in [2.24, 2.45) is 5.92 Å². The Morgan fingerprint density at radius 1 is 1.30 bits per heavy atom. The lowest BCUT2D eigenvalue weighted by Crippen LogP contribution is -2.49. The van der Waals surface area contributed by atoms with Crippen molar-refractivity contribution in [1.29, 1.82) is 0 Å². The van der Waals surface area contributed by atoms with Crippen molar-refractivity contribution in [2.75, 3.05) is 26.7 Å². The summed E-state index contributed by atoms with van der Waals surface area (Å²) in [7, 11) is 1.65. The first-order valence-electron chi connectivity index (χ1n) is 11.0. The van der Waals surface area contributed by atoms with Crippen molar-refractivity contribution in [1.82, 2.24) is 25.1 Å². The SMILES string of the molecule is COc1cccc(CNC(=O)N2CCC(C3c4nc[nH]c4CCN3C(C)C)CC2)c1. The van der Waals surface area contributed by atoms with Gasteiger partial charge in [-0.25, -0.2) is 9.78 Å². The van der Waals surface area contributed by atoms with Crippen LogP contribution in [-0.4, -0.2) is 58.6 Å². The van der Waals surface area contributed by atoms with Crippen LogP contribution in [0.15, 0.2) is 30.6 Å². The molecule has 1 atom stereocenters. The zero-order valence-electron chi connectivity index (χ0n) is 18.2. The number of aromatic amines is 1. The first-order valence-corrected chi connectivity index (χ1v) is 11.0. The number of amides is 2. The first-order chi connectivity index (χ1) is 14.6. The van der Waals surface area contributed by atoms with E-state index >= 15 is 0 Å². The number of hydrogen-bond donors (Lipinski definition) is 2. The van der Waals surface area contributed by atoms with Crippen molar-refractivity contribution < 1.29 is 9.53 Å². The van der Waals surface area contributed by atoms with E-state index in [1.54, 1.807) is 7.11 Å². The minimum Gasteiger partial charge on any atom is -0.497 e. The quantitative estimate of drug-likeness (QED) is 0.791. The summed E-state index contributed by atoms with van der Waals surface area (Å²) in [6, 6.07) is 8.66. The molecule has 2 aliphatic heterocycles. The topological polar surface area (TPSA) is 73.5 Å². The maximum atomic E-state index is 12.7. The molecule has 7 heteroatoms. The van der Waals surface area contributed by atoms with Crippen LogP contribution < -0.4 is 10.1 Å². The fourth-order valence-electron chi connectivity index (χ4n) is 4.89. The Morgan fingerprint density at radius 3 is 2.83 bits per heavy atom. The largest absolute Gasteiger partial charge is 0.497 e. The van der Waals surface area contributed by atoms with E-state index < -0.39 is 0 Å². The number of nitrogens with zero attached hydrogens (tertiary/aromatic N) is 3. The number of fused-ring (bicyclic) bond motifs is 1. The van der Waals surface area contributed by atoms with Crippen LogP contribution in [0, 0.1) is 5.92 Å². The fraction of sp³-hybridized carbons (Fsp3) is 0.565. The molecule has 0 aliphatic carbocycles. The third-order valence-electron chi connectivity index (χ3n) is 6.52. The first kappa shape index (κ1) is 20.7. The molecule has 0 bridgehead atoms. The molecule has 30 heavy (non-hydrogen) atoms. The Balaban J connectivity index is 1.34. The van der Waals surface area contributed by atoms with Crippen molar-refractivity contribution in [3.63, 3.8) is 0 Å². The molecule has 1 aromatic carbocycles. The number of nitrogens with one attached hydrogen (secondary N) is 2. The molecule has 1 unspecified atom stereocenters. The van der Waals surface area contributed by atoms with Gasteiger partial charge in [-0.15, -0.1) is 0 Å². The molecule has 2 N–H and O–H groups in total. The molecule has 1 fully saturated rings. The zero-order valence-corrected chi connectivity index (χ0v) is 18.2. The minimum absolute atomic E-state index is 0.0149. The van der Waals surface area contributed by atoms with Crippen molar-refractivity contribution >= 4 is 6.03 Å². The van der Waals surface area contributed by atoms with Gasteiger partial charge in [0.05, 0.1) is 25.2 Å². The molecule has 0 saturated carbocycles. The lowest BCUT2D eigenvalue weighted by molar-refractivity contribution is 0.0617. The average molecular weight is 412 g/mol. The van der Waals surface area contributed by atoms with Gasteiger partial charge in [0, 0.05) is 44.3 Å². The van der Waals surface area contributed by atoms with E-state index in [9.17, 15) is 4.79 Å². The molecule has 1 saturated heterocycles. The summed E-state index contributed by atoms with van der Waals surface area (Å²) in [4.78, 5) is 25.2. The Morgan fingerprint density at radius 2 is 2.10 bits per heavy atom. The van der Waals surface area contributed by atoms with E-state index in [1.165, 1.54) is 11.4 Å². The van der Waals surface area contributed by atoms with E-state index in [0.717, 1.165) is 50.2 Å².